The minimum absolute atomic E-state index is 0. The van der Waals surface area contributed by atoms with Crippen LogP contribution in [0, 0.1) is 13.0 Å². The van der Waals surface area contributed by atoms with Crippen LogP contribution in [0.25, 0.3) is 0 Å². The van der Waals surface area contributed by atoms with E-state index in [2.05, 4.69) is 13.0 Å². The van der Waals surface area contributed by atoms with Gasteiger partial charge in [0.1, 0.15) is 0 Å². The van der Waals surface area contributed by atoms with Crippen molar-refractivity contribution in [2.75, 3.05) is 18.5 Å². The van der Waals surface area contributed by atoms with Gasteiger partial charge in [0.2, 0.25) is 0 Å². The van der Waals surface area contributed by atoms with E-state index in [4.69, 9.17) is 0 Å². The van der Waals surface area contributed by atoms with Crippen LogP contribution in [-0.2, 0) is 425 Å². The summed E-state index contributed by atoms with van der Waals surface area (Å²) in [6.45, 7) is 4.55. The van der Waals surface area contributed by atoms with E-state index >= 15 is 0 Å². The summed E-state index contributed by atoms with van der Waals surface area (Å²) in [6, 6.07) is 11.0. The maximum atomic E-state index is 3.77. The first-order chi connectivity index (χ1) is 4.84. The second-order valence-corrected chi connectivity index (χ2v) is 2.17. The van der Waals surface area contributed by atoms with Crippen LogP contribution in [0.5, 0.6) is 0 Å². The Hall–Kier alpha value is 13.4. The molecule has 0 N–H and O–H groups in total. The van der Waals surface area contributed by atoms with E-state index in [1.54, 1.807) is 0 Å². The Bertz CT molecular complexity index is 204. The van der Waals surface area contributed by atoms with Gasteiger partial charge in [-0.1, -0.05) is 5.69 Å². The van der Waals surface area contributed by atoms with Crippen molar-refractivity contribution in [1.29, 1.82) is 0 Å². The molecule has 93 valence electrons. The zero-order valence-electron chi connectivity index (χ0n) is 13.7. The Kier molecular flexibility index (Phi) is 235. The summed E-state index contributed by atoms with van der Waals surface area (Å²) >= 11 is 0. The SMILES string of the molecule is [CH2-]CN(C)c1[c-]cccc1.[Y].[Y].[Y].[Y].[Y].[Y].[Y].[Y].[Y].[Y].[Y].[Y].[Y]. The molecule has 1 rings (SSSR count). The molecule has 0 spiro atoms. The van der Waals surface area contributed by atoms with Gasteiger partial charge in [-0.15, -0.1) is 12.6 Å². The predicted molar refractivity (Wildman–Crippen MR) is 43.9 cm³/mol. The van der Waals surface area contributed by atoms with Crippen LogP contribution in [0.2, 0.25) is 0 Å². The van der Waals surface area contributed by atoms with Crippen LogP contribution >= 0.6 is 0 Å². The van der Waals surface area contributed by atoms with E-state index < -0.39 is 0 Å². The first kappa shape index (κ1) is 83.3. The molecule has 0 aromatic heterocycles. The molecule has 0 amide bonds. The first-order valence-electron chi connectivity index (χ1n) is 3.31. The molecule has 23 heavy (non-hydrogen) atoms. The van der Waals surface area contributed by atoms with Crippen molar-refractivity contribution < 1.29 is 425 Å². The summed E-state index contributed by atoms with van der Waals surface area (Å²) in [6.07, 6.45) is 0. The van der Waals surface area contributed by atoms with Crippen molar-refractivity contribution >= 4 is 5.69 Å². The van der Waals surface area contributed by atoms with Gasteiger partial charge < -0.3 is 11.8 Å². The minimum atomic E-state index is 0. The van der Waals surface area contributed by atoms with Crippen LogP contribution in [0.15, 0.2) is 24.3 Å². The van der Waals surface area contributed by atoms with Crippen molar-refractivity contribution in [2.24, 2.45) is 0 Å². The molecule has 0 fully saturated rings. The Morgan fingerprint density at radius 2 is 1.09 bits per heavy atom. The zero-order chi connectivity index (χ0) is 7.40. The Labute approximate surface area is 470 Å². The minimum Gasteiger partial charge on any atom is -0.426 e. The van der Waals surface area contributed by atoms with Crippen LogP contribution < -0.4 is 4.90 Å². The molecule has 0 unspecified atom stereocenters. The summed E-state index contributed by atoms with van der Waals surface area (Å²) in [5, 5.41) is 0. The quantitative estimate of drug-likeness (QED) is 0.409. The van der Waals surface area contributed by atoms with E-state index in [-0.39, 0.29) is 425 Å². The van der Waals surface area contributed by atoms with Crippen molar-refractivity contribution in [3.63, 3.8) is 0 Å². The van der Waals surface area contributed by atoms with Crippen molar-refractivity contribution in [2.45, 2.75) is 0 Å². The van der Waals surface area contributed by atoms with Crippen LogP contribution in [0.3, 0.4) is 0 Å². The maximum absolute atomic E-state index is 3.77. The zero-order valence-corrected chi connectivity index (χ0v) is 50.6. The summed E-state index contributed by atoms with van der Waals surface area (Å²) < 4.78 is 0. The average Bonchev–Trinajstić information content (AvgIpc) is 2.05. The molecule has 14 heteroatoms. The van der Waals surface area contributed by atoms with E-state index in [1.807, 2.05) is 36.2 Å². The molecule has 13 radical (unpaired) electrons. The summed E-state index contributed by atoms with van der Waals surface area (Å²) in [5.41, 5.74) is 1.09. The van der Waals surface area contributed by atoms with Gasteiger partial charge >= 0.3 is 0 Å². The van der Waals surface area contributed by atoms with Crippen LogP contribution in [-0.4, -0.2) is 13.6 Å². The third-order valence-corrected chi connectivity index (χ3v) is 1.44. The van der Waals surface area contributed by atoms with Crippen molar-refractivity contribution in [3.8, 4) is 0 Å². The van der Waals surface area contributed by atoms with Gasteiger partial charge in [0.25, 0.3) is 0 Å². The third-order valence-electron chi connectivity index (χ3n) is 1.44. The molecule has 1 nitrogen and oxygen atoms in total. The van der Waals surface area contributed by atoms with E-state index in [1.165, 1.54) is 0 Å². The Morgan fingerprint density at radius 1 is 0.739 bits per heavy atom. The summed E-state index contributed by atoms with van der Waals surface area (Å²) in [5.74, 6) is 0. The number of hydrogen-bond acceptors (Lipinski definition) is 1. The van der Waals surface area contributed by atoms with Gasteiger partial charge in [0.05, 0.1) is 0 Å². The van der Waals surface area contributed by atoms with Gasteiger partial charge in [0.15, 0.2) is 0 Å². The predicted octanol–water partition coefficient (Wildman–Crippen LogP) is 1.72. The number of nitrogens with zero attached hydrogens (tertiary/aromatic N) is 1. The third kappa shape index (κ3) is 52.6. The second-order valence-electron chi connectivity index (χ2n) is 2.17. The first-order valence-corrected chi connectivity index (χ1v) is 3.31. The molecule has 0 saturated carbocycles. The fraction of sp³-hybridized carbons (Fsp3) is 0.222. The number of benzene rings is 1. The average molecular weight is 1290 g/mol. The van der Waals surface area contributed by atoms with Gasteiger partial charge in [-0.05, 0) is 0 Å². The van der Waals surface area contributed by atoms with Gasteiger partial charge in [0, 0.05) is 432 Å². The molecular formula is C9H11NY13-2. The van der Waals surface area contributed by atoms with Gasteiger partial charge in [-0.25, -0.2) is 0 Å². The van der Waals surface area contributed by atoms with Crippen molar-refractivity contribution in [1.82, 2.24) is 0 Å². The normalized spacial score (nSPS) is 4.09. The van der Waals surface area contributed by atoms with E-state index in [0.29, 0.717) is 0 Å². The molecule has 0 bridgehead atoms. The molecule has 0 aliphatic rings. The summed E-state index contributed by atoms with van der Waals surface area (Å²) in [7, 11) is 2.00. The monoisotopic (exact) mass is 1290 g/mol. The van der Waals surface area contributed by atoms with Crippen molar-refractivity contribution in [3.05, 3.63) is 37.3 Å². The number of para-hydroxylation sites is 1. The number of rotatable bonds is 2. The summed E-state index contributed by atoms with van der Waals surface area (Å²) in [4.78, 5) is 2.04. The fourth-order valence-electron chi connectivity index (χ4n) is 0.742. The van der Waals surface area contributed by atoms with E-state index in [9.17, 15) is 0 Å². The Morgan fingerprint density at radius 3 is 1.30 bits per heavy atom. The molecule has 0 saturated heterocycles. The number of anilines is 1. The molecule has 0 heterocycles. The fourth-order valence-corrected chi connectivity index (χ4v) is 0.742. The molecule has 0 aliphatic carbocycles. The maximum Gasteiger partial charge on any atom is 0.00125 e. The molecule has 1 aromatic carbocycles. The van der Waals surface area contributed by atoms with Crippen LogP contribution in [0.1, 0.15) is 0 Å². The molecule has 1 aromatic rings. The van der Waals surface area contributed by atoms with Crippen LogP contribution in [0.4, 0.5) is 5.69 Å². The van der Waals surface area contributed by atoms with Gasteiger partial charge in [-0.3, -0.25) is 0 Å². The largest absolute Gasteiger partial charge is 0.426 e. The van der Waals surface area contributed by atoms with E-state index in [0.717, 1.165) is 12.2 Å². The number of hydrogen-bond donors (Lipinski definition) is 0. The second kappa shape index (κ2) is 64.9. The molecule has 0 atom stereocenters. The topological polar surface area (TPSA) is 3.24 Å². The molecular weight excluding hydrogens is 1280 g/mol. The van der Waals surface area contributed by atoms with Gasteiger partial charge in [-0.2, -0.15) is 24.3 Å². The Balaban J connectivity index is -0.00000000699. The molecule has 0 aliphatic heterocycles. The standard InChI is InChI=1S/C9H11N.13Y/c1-3-10(2)9-7-5-4-6-8-9;;;;;;;;;;;;;/h4-7H,1,3H2,2H3;;;;;;;;;;;;;/q-2;;;;;;;;;;;;;. The smallest absolute Gasteiger partial charge is 0.00125 e.